The molecule has 3 aliphatic rings. The minimum absolute atomic E-state index is 0.0487. The monoisotopic (exact) mass is 278 g/mol. The summed E-state index contributed by atoms with van der Waals surface area (Å²) in [6, 6.07) is 0. The van der Waals surface area contributed by atoms with Crippen molar-refractivity contribution in [2.75, 3.05) is 6.61 Å². The standard InChI is InChI=1S/C16H22O4/c1-9-6-7-12-11-5-3-2-4-10(11)8-20-16(19)14(12)13(9)15(17)18/h6-7,9-14H,2-5,8H2,1H3,(H,17,18)/t9?,10-,11+,12?,13?,14?/m1/s1. The molecule has 0 spiro atoms. The highest BCUT2D eigenvalue weighted by molar-refractivity contribution is 5.82. The topological polar surface area (TPSA) is 63.6 Å². The molecule has 1 saturated heterocycles. The summed E-state index contributed by atoms with van der Waals surface area (Å²) >= 11 is 0. The Bertz CT molecular complexity index is 442. The first-order chi connectivity index (χ1) is 9.59. The van der Waals surface area contributed by atoms with Crippen molar-refractivity contribution in [2.24, 2.45) is 35.5 Å². The maximum atomic E-state index is 12.3. The maximum Gasteiger partial charge on any atom is 0.310 e. The van der Waals surface area contributed by atoms with Gasteiger partial charge in [-0.1, -0.05) is 31.9 Å². The lowest BCUT2D eigenvalue weighted by Crippen LogP contribution is -2.43. The molecule has 4 nitrogen and oxygen atoms in total. The molecule has 2 fully saturated rings. The Hall–Kier alpha value is -1.32. The van der Waals surface area contributed by atoms with E-state index in [-0.39, 0.29) is 17.8 Å². The molecule has 110 valence electrons. The third-order valence-electron chi connectivity index (χ3n) is 5.46. The van der Waals surface area contributed by atoms with Gasteiger partial charge in [-0.2, -0.15) is 0 Å². The summed E-state index contributed by atoms with van der Waals surface area (Å²) in [7, 11) is 0. The number of hydrogen-bond acceptors (Lipinski definition) is 3. The summed E-state index contributed by atoms with van der Waals surface area (Å²) in [5.41, 5.74) is 0. The minimum Gasteiger partial charge on any atom is -0.481 e. The summed E-state index contributed by atoms with van der Waals surface area (Å²) in [5, 5.41) is 9.51. The summed E-state index contributed by atoms with van der Waals surface area (Å²) in [6.07, 6.45) is 8.66. The van der Waals surface area contributed by atoms with Crippen LogP contribution in [0.5, 0.6) is 0 Å². The normalized spacial score (nSPS) is 44.0. The number of carbonyl (C=O) groups excluding carboxylic acids is 1. The summed E-state index contributed by atoms with van der Waals surface area (Å²) < 4.78 is 5.43. The minimum atomic E-state index is -0.872. The molecule has 1 aliphatic heterocycles. The molecular weight excluding hydrogens is 256 g/mol. The predicted molar refractivity (Wildman–Crippen MR) is 72.8 cm³/mol. The SMILES string of the molecule is CC1C=CC2C(C(=O)OC[C@H]3CCCC[C@H]23)C1C(=O)O. The summed E-state index contributed by atoms with van der Waals surface area (Å²) in [5.74, 6) is -1.55. The lowest BCUT2D eigenvalue weighted by Gasteiger charge is -2.39. The quantitative estimate of drug-likeness (QED) is 0.591. The molecule has 0 aromatic rings. The van der Waals surface area contributed by atoms with Gasteiger partial charge in [-0.05, 0) is 36.5 Å². The van der Waals surface area contributed by atoms with Crippen LogP contribution in [0, 0.1) is 35.5 Å². The van der Waals surface area contributed by atoms with Crippen LogP contribution in [0.25, 0.3) is 0 Å². The average Bonchev–Trinajstić information content (AvgIpc) is 2.57. The Balaban J connectivity index is 1.98. The molecule has 6 atom stereocenters. The van der Waals surface area contributed by atoms with Gasteiger partial charge < -0.3 is 9.84 Å². The Kier molecular flexibility index (Phi) is 3.57. The summed E-state index contributed by atoms with van der Waals surface area (Å²) in [6.45, 7) is 2.35. The van der Waals surface area contributed by atoms with Crippen molar-refractivity contribution in [1.29, 1.82) is 0 Å². The first kappa shape index (κ1) is 13.7. The largest absolute Gasteiger partial charge is 0.481 e. The van der Waals surface area contributed by atoms with Gasteiger partial charge in [0, 0.05) is 0 Å². The van der Waals surface area contributed by atoms with E-state index in [2.05, 4.69) is 6.08 Å². The van der Waals surface area contributed by atoms with Crippen molar-refractivity contribution < 1.29 is 19.4 Å². The second-order valence-corrected chi connectivity index (χ2v) is 6.55. The Morgan fingerprint density at radius 2 is 2.05 bits per heavy atom. The van der Waals surface area contributed by atoms with E-state index in [4.69, 9.17) is 4.74 Å². The van der Waals surface area contributed by atoms with E-state index < -0.39 is 17.8 Å². The van der Waals surface area contributed by atoms with Crippen molar-refractivity contribution in [3.63, 3.8) is 0 Å². The fourth-order valence-corrected chi connectivity index (χ4v) is 4.44. The van der Waals surface area contributed by atoms with Gasteiger partial charge in [-0.3, -0.25) is 9.59 Å². The number of ether oxygens (including phenoxy) is 1. The van der Waals surface area contributed by atoms with Gasteiger partial charge in [0.25, 0.3) is 0 Å². The first-order valence-electron chi connectivity index (χ1n) is 7.67. The van der Waals surface area contributed by atoms with Crippen molar-refractivity contribution in [2.45, 2.75) is 32.6 Å². The lowest BCUT2D eigenvalue weighted by atomic mass is 9.62. The van der Waals surface area contributed by atoms with Crippen LogP contribution in [0.15, 0.2) is 12.2 Å². The molecule has 1 heterocycles. The van der Waals surface area contributed by atoms with Gasteiger partial charge in [0.1, 0.15) is 0 Å². The van der Waals surface area contributed by atoms with Crippen LogP contribution >= 0.6 is 0 Å². The van der Waals surface area contributed by atoms with E-state index in [1.54, 1.807) is 0 Å². The predicted octanol–water partition coefficient (Wildman–Crippen LogP) is 2.49. The molecular formula is C16H22O4. The molecule has 1 N–H and O–H groups in total. The highest BCUT2D eigenvalue weighted by Crippen LogP contribution is 2.47. The molecule has 0 radical (unpaired) electrons. The van der Waals surface area contributed by atoms with E-state index in [1.807, 2.05) is 13.0 Å². The molecule has 2 aliphatic carbocycles. The molecule has 20 heavy (non-hydrogen) atoms. The lowest BCUT2D eigenvalue weighted by molar-refractivity contribution is -0.160. The fraction of sp³-hybridized carbons (Fsp3) is 0.750. The van der Waals surface area contributed by atoms with E-state index in [9.17, 15) is 14.7 Å². The van der Waals surface area contributed by atoms with Crippen LogP contribution in [0.1, 0.15) is 32.6 Å². The molecule has 4 unspecified atom stereocenters. The second-order valence-electron chi connectivity index (χ2n) is 6.55. The zero-order valence-corrected chi connectivity index (χ0v) is 11.8. The van der Waals surface area contributed by atoms with Gasteiger partial charge in [-0.25, -0.2) is 0 Å². The van der Waals surface area contributed by atoms with E-state index in [0.29, 0.717) is 18.4 Å². The van der Waals surface area contributed by atoms with Crippen molar-refractivity contribution in [3.05, 3.63) is 12.2 Å². The zero-order chi connectivity index (χ0) is 14.3. The van der Waals surface area contributed by atoms with Gasteiger partial charge >= 0.3 is 11.9 Å². The smallest absolute Gasteiger partial charge is 0.310 e. The van der Waals surface area contributed by atoms with Crippen molar-refractivity contribution in [1.82, 2.24) is 0 Å². The van der Waals surface area contributed by atoms with E-state index in [0.717, 1.165) is 12.8 Å². The zero-order valence-electron chi connectivity index (χ0n) is 11.8. The van der Waals surface area contributed by atoms with Gasteiger partial charge in [-0.15, -0.1) is 0 Å². The average molecular weight is 278 g/mol. The van der Waals surface area contributed by atoms with E-state index in [1.165, 1.54) is 12.8 Å². The third-order valence-corrected chi connectivity index (χ3v) is 5.46. The highest BCUT2D eigenvalue weighted by atomic mass is 16.5. The molecule has 4 heteroatoms. The van der Waals surface area contributed by atoms with Crippen LogP contribution in [-0.2, 0) is 14.3 Å². The first-order valence-corrected chi connectivity index (χ1v) is 7.67. The number of hydrogen-bond donors (Lipinski definition) is 1. The Morgan fingerprint density at radius 1 is 1.30 bits per heavy atom. The highest BCUT2D eigenvalue weighted by Gasteiger charge is 2.50. The van der Waals surface area contributed by atoms with Crippen LogP contribution in [0.3, 0.4) is 0 Å². The van der Waals surface area contributed by atoms with Gasteiger partial charge in [0.05, 0.1) is 18.4 Å². The third kappa shape index (κ3) is 2.15. The molecule has 1 saturated carbocycles. The number of carboxylic acids is 1. The molecule has 0 amide bonds. The van der Waals surface area contributed by atoms with Crippen LogP contribution < -0.4 is 0 Å². The number of esters is 1. The van der Waals surface area contributed by atoms with E-state index >= 15 is 0 Å². The Labute approximate surface area is 119 Å². The number of carbonyl (C=O) groups is 2. The van der Waals surface area contributed by atoms with Crippen LogP contribution in [0.4, 0.5) is 0 Å². The number of fused-ring (bicyclic) bond motifs is 3. The van der Waals surface area contributed by atoms with Gasteiger partial charge in [0.15, 0.2) is 0 Å². The molecule has 0 aromatic heterocycles. The molecule has 3 rings (SSSR count). The number of aliphatic carboxylic acids is 1. The summed E-state index contributed by atoms with van der Waals surface area (Å²) in [4.78, 5) is 23.9. The maximum absolute atomic E-state index is 12.3. The van der Waals surface area contributed by atoms with Crippen LogP contribution in [0.2, 0.25) is 0 Å². The number of rotatable bonds is 1. The molecule has 0 bridgehead atoms. The Morgan fingerprint density at radius 3 is 2.80 bits per heavy atom. The van der Waals surface area contributed by atoms with Crippen molar-refractivity contribution >= 4 is 11.9 Å². The second kappa shape index (κ2) is 5.23. The fourth-order valence-electron chi connectivity index (χ4n) is 4.44. The number of allylic oxidation sites excluding steroid dienone is 2. The number of cyclic esters (lactones) is 1. The van der Waals surface area contributed by atoms with Crippen LogP contribution in [-0.4, -0.2) is 23.7 Å². The molecule has 0 aromatic carbocycles. The van der Waals surface area contributed by atoms with Crippen molar-refractivity contribution in [3.8, 4) is 0 Å². The number of carboxylic acid groups (broad SMARTS) is 1. The van der Waals surface area contributed by atoms with Gasteiger partial charge in [0.2, 0.25) is 0 Å².